The van der Waals surface area contributed by atoms with Gasteiger partial charge in [0, 0.05) is 5.56 Å². The first-order chi connectivity index (χ1) is 7.22. The molecule has 0 unspecified atom stereocenters. The molecule has 0 saturated heterocycles. The van der Waals surface area contributed by atoms with Gasteiger partial charge in [0.2, 0.25) is 0 Å². The third-order valence-corrected chi connectivity index (χ3v) is 3.20. The van der Waals surface area contributed by atoms with E-state index in [1.54, 1.807) is 7.11 Å². The molecule has 3 N–H and O–H groups in total. The maximum Gasteiger partial charge on any atom is 0.159 e. The molecule has 78 valence electrons. The second-order valence-corrected chi connectivity index (χ2v) is 4.11. The molecule has 0 saturated carbocycles. The zero-order chi connectivity index (χ0) is 10.8. The number of aromatic nitrogens is 2. The molecule has 0 radical (unpaired) electrons. The van der Waals surface area contributed by atoms with Crippen molar-refractivity contribution < 1.29 is 4.74 Å². The molecule has 1 aromatic heterocycles. The van der Waals surface area contributed by atoms with Gasteiger partial charge < -0.3 is 10.5 Å². The first-order valence-electron chi connectivity index (χ1n) is 4.36. The Kier molecular flexibility index (Phi) is 2.81. The molecule has 0 aliphatic carbocycles. The van der Waals surface area contributed by atoms with E-state index in [-0.39, 0.29) is 0 Å². The lowest BCUT2D eigenvalue weighted by molar-refractivity contribution is 0.415. The second-order valence-electron chi connectivity index (χ2n) is 3.03. The van der Waals surface area contributed by atoms with Gasteiger partial charge in [0.1, 0.15) is 5.75 Å². The van der Waals surface area contributed by atoms with E-state index >= 15 is 0 Å². The molecule has 2 aromatic rings. The third kappa shape index (κ3) is 1.92. The molecule has 1 heterocycles. The summed E-state index contributed by atoms with van der Waals surface area (Å²) in [6.45, 7) is 0. The van der Waals surface area contributed by atoms with Crippen molar-refractivity contribution >= 4 is 28.4 Å². The number of nitrogens with two attached hydrogens (primary N) is 1. The number of hydrogen-bond acceptors (Lipinski definition) is 3. The number of nitrogens with zero attached hydrogens (tertiary/aromatic N) is 1. The Morgan fingerprint density at radius 1 is 1.33 bits per heavy atom. The monoisotopic (exact) mass is 315 g/mol. The molecule has 0 amide bonds. The summed E-state index contributed by atoms with van der Waals surface area (Å²) >= 11 is 2.17. The van der Waals surface area contributed by atoms with Crippen LogP contribution in [-0.2, 0) is 0 Å². The number of ether oxygens (including phenoxy) is 1. The van der Waals surface area contributed by atoms with Crippen molar-refractivity contribution in [2.45, 2.75) is 0 Å². The summed E-state index contributed by atoms with van der Waals surface area (Å²) in [6, 6.07) is 7.74. The highest BCUT2D eigenvalue weighted by Crippen LogP contribution is 2.27. The Hall–Kier alpha value is -1.24. The Morgan fingerprint density at radius 2 is 2.00 bits per heavy atom. The van der Waals surface area contributed by atoms with E-state index in [0.717, 1.165) is 20.6 Å². The normalized spacial score (nSPS) is 10.3. The Bertz CT molecular complexity index is 464. The van der Waals surface area contributed by atoms with Crippen molar-refractivity contribution in [1.29, 1.82) is 0 Å². The lowest BCUT2D eigenvalue weighted by atomic mass is 10.1. The predicted octanol–water partition coefficient (Wildman–Crippen LogP) is 2.27. The van der Waals surface area contributed by atoms with Gasteiger partial charge in [-0.15, -0.1) is 0 Å². The smallest absolute Gasteiger partial charge is 0.159 e. The molecule has 5 heteroatoms. The summed E-state index contributed by atoms with van der Waals surface area (Å²) in [7, 11) is 1.65. The van der Waals surface area contributed by atoms with Gasteiger partial charge in [0.25, 0.3) is 0 Å². The molecule has 4 nitrogen and oxygen atoms in total. The van der Waals surface area contributed by atoms with Crippen LogP contribution in [-0.4, -0.2) is 17.3 Å². The second kappa shape index (κ2) is 4.09. The fourth-order valence-corrected chi connectivity index (χ4v) is 1.84. The van der Waals surface area contributed by atoms with Crippen LogP contribution in [0.4, 0.5) is 5.82 Å². The average Bonchev–Trinajstić information content (AvgIpc) is 2.60. The van der Waals surface area contributed by atoms with Gasteiger partial charge in [-0.05, 0) is 46.9 Å². The molecule has 0 aliphatic rings. The van der Waals surface area contributed by atoms with E-state index in [4.69, 9.17) is 10.5 Å². The SMILES string of the molecule is COc1ccc(-c2[nH]nc(N)c2I)cc1. The number of aromatic amines is 1. The fourth-order valence-electron chi connectivity index (χ4n) is 1.29. The van der Waals surface area contributed by atoms with Crippen molar-refractivity contribution in [3.63, 3.8) is 0 Å². The van der Waals surface area contributed by atoms with E-state index in [2.05, 4.69) is 32.8 Å². The standard InChI is InChI=1S/C10H10IN3O/c1-15-7-4-2-6(3-5-7)9-8(11)10(12)14-13-9/h2-5H,1H3,(H3,12,13,14). The average molecular weight is 315 g/mol. The number of hydrogen-bond donors (Lipinski definition) is 2. The molecule has 15 heavy (non-hydrogen) atoms. The Balaban J connectivity index is 2.41. The van der Waals surface area contributed by atoms with Crippen molar-refractivity contribution in [2.75, 3.05) is 12.8 Å². The van der Waals surface area contributed by atoms with E-state index < -0.39 is 0 Å². The van der Waals surface area contributed by atoms with Crippen LogP contribution in [0, 0.1) is 3.57 Å². The summed E-state index contributed by atoms with van der Waals surface area (Å²) in [4.78, 5) is 0. The number of halogens is 1. The molecule has 1 aromatic carbocycles. The Labute approximate surface area is 101 Å². The summed E-state index contributed by atoms with van der Waals surface area (Å²) in [5, 5.41) is 6.85. The van der Waals surface area contributed by atoms with Gasteiger partial charge in [-0.25, -0.2) is 0 Å². The van der Waals surface area contributed by atoms with Gasteiger partial charge in [0.15, 0.2) is 5.82 Å². The molecular weight excluding hydrogens is 305 g/mol. The predicted molar refractivity (Wildman–Crippen MR) is 67.7 cm³/mol. The highest BCUT2D eigenvalue weighted by atomic mass is 127. The Morgan fingerprint density at radius 3 is 2.47 bits per heavy atom. The molecule has 0 aliphatic heterocycles. The van der Waals surface area contributed by atoms with Crippen LogP contribution in [0.1, 0.15) is 0 Å². The van der Waals surface area contributed by atoms with Crippen LogP contribution in [0.15, 0.2) is 24.3 Å². The topological polar surface area (TPSA) is 63.9 Å². The number of rotatable bonds is 2. The van der Waals surface area contributed by atoms with Crippen molar-refractivity contribution in [3.8, 4) is 17.0 Å². The van der Waals surface area contributed by atoms with Gasteiger partial charge in [-0.1, -0.05) is 0 Å². The van der Waals surface area contributed by atoms with E-state index in [1.165, 1.54) is 0 Å². The molecule has 0 fully saturated rings. The van der Waals surface area contributed by atoms with Crippen molar-refractivity contribution in [3.05, 3.63) is 27.8 Å². The zero-order valence-electron chi connectivity index (χ0n) is 8.12. The van der Waals surface area contributed by atoms with E-state index in [0.29, 0.717) is 5.82 Å². The maximum absolute atomic E-state index is 5.66. The minimum absolute atomic E-state index is 0.529. The van der Waals surface area contributed by atoms with E-state index in [1.807, 2.05) is 24.3 Å². The molecule has 0 spiro atoms. The van der Waals surface area contributed by atoms with Gasteiger partial charge in [-0.2, -0.15) is 5.10 Å². The molecule has 2 rings (SSSR count). The van der Waals surface area contributed by atoms with Crippen LogP contribution in [0.25, 0.3) is 11.3 Å². The lowest BCUT2D eigenvalue weighted by Gasteiger charge is -2.01. The third-order valence-electron chi connectivity index (χ3n) is 2.11. The first kappa shape index (κ1) is 10.3. The molecular formula is C10H10IN3O. The number of nitrogens with one attached hydrogen (secondary N) is 1. The quantitative estimate of drug-likeness (QED) is 0.836. The summed E-state index contributed by atoms with van der Waals surface area (Å²) < 4.78 is 6.03. The number of methoxy groups -OCH3 is 1. The van der Waals surface area contributed by atoms with Gasteiger partial charge in [-0.3, -0.25) is 5.10 Å². The van der Waals surface area contributed by atoms with Crippen LogP contribution < -0.4 is 10.5 Å². The highest BCUT2D eigenvalue weighted by Gasteiger charge is 2.09. The summed E-state index contributed by atoms with van der Waals surface area (Å²) in [5.74, 6) is 1.36. The fraction of sp³-hybridized carbons (Fsp3) is 0.100. The number of benzene rings is 1. The van der Waals surface area contributed by atoms with Crippen LogP contribution in [0.5, 0.6) is 5.75 Å². The zero-order valence-corrected chi connectivity index (χ0v) is 10.3. The number of H-pyrrole nitrogens is 1. The van der Waals surface area contributed by atoms with Crippen LogP contribution >= 0.6 is 22.6 Å². The molecule has 0 atom stereocenters. The summed E-state index contributed by atoms with van der Waals surface area (Å²) in [5.41, 5.74) is 7.65. The van der Waals surface area contributed by atoms with Crippen LogP contribution in [0.2, 0.25) is 0 Å². The van der Waals surface area contributed by atoms with Gasteiger partial charge in [0.05, 0.1) is 16.4 Å². The minimum Gasteiger partial charge on any atom is -0.497 e. The van der Waals surface area contributed by atoms with E-state index in [9.17, 15) is 0 Å². The molecule has 0 bridgehead atoms. The first-order valence-corrected chi connectivity index (χ1v) is 5.44. The van der Waals surface area contributed by atoms with Crippen LogP contribution in [0.3, 0.4) is 0 Å². The highest BCUT2D eigenvalue weighted by molar-refractivity contribution is 14.1. The summed E-state index contributed by atoms with van der Waals surface area (Å²) in [6.07, 6.45) is 0. The van der Waals surface area contributed by atoms with Gasteiger partial charge >= 0.3 is 0 Å². The largest absolute Gasteiger partial charge is 0.497 e. The van der Waals surface area contributed by atoms with Crippen molar-refractivity contribution in [1.82, 2.24) is 10.2 Å². The lowest BCUT2D eigenvalue weighted by Crippen LogP contribution is -1.86. The number of nitrogen functional groups attached to an aromatic ring is 1. The van der Waals surface area contributed by atoms with Crippen molar-refractivity contribution in [2.24, 2.45) is 0 Å². The minimum atomic E-state index is 0.529. The maximum atomic E-state index is 5.66. The number of anilines is 1.